The van der Waals surface area contributed by atoms with Crippen LogP contribution in [0.25, 0.3) is 0 Å². The molecule has 1 saturated carbocycles. The summed E-state index contributed by atoms with van der Waals surface area (Å²) in [5.74, 6) is 1.59. The quantitative estimate of drug-likeness (QED) is 0.814. The number of rotatable bonds is 4. The van der Waals surface area contributed by atoms with E-state index in [1.165, 1.54) is 44.1 Å². The molecule has 0 saturated heterocycles. The molecular weight excluding hydrogens is 222 g/mol. The fraction of sp³-hybridized carbons (Fsp3) is 0.625. The number of ether oxygens (including phenoxy) is 1. The molecule has 1 aromatic carbocycles. The van der Waals surface area contributed by atoms with Crippen LogP contribution in [0.5, 0.6) is 5.75 Å². The third-order valence-corrected chi connectivity index (χ3v) is 3.96. The van der Waals surface area contributed by atoms with E-state index in [2.05, 4.69) is 18.2 Å². The van der Waals surface area contributed by atoms with Crippen molar-refractivity contribution in [1.29, 1.82) is 0 Å². The van der Waals surface area contributed by atoms with Gasteiger partial charge in [0.1, 0.15) is 5.75 Å². The number of hydrogen-bond donors (Lipinski definition) is 1. The van der Waals surface area contributed by atoms with Crippen LogP contribution < -0.4 is 10.5 Å². The first kappa shape index (κ1) is 13.4. The van der Waals surface area contributed by atoms with Gasteiger partial charge in [-0.2, -0.15) is 0 Å². The lowest BCUT2D eigenvalue weighted by atomic mass is 9.88. The molecule has 1 fully saturated rings. The summed E-state index contributed by atoms with van der Waals surface area (Å²) < 4.78 is 5.55. The van der Waals surface area contributed by atoms with Gasteiger partial charge >= 0.3 is 0 Å². The standard InChI is InChI=1S/C16H25NO/c1-2-18-15-11-7-10-14(12-15)16(17)13-8-5-3-4-6-9-13/h7,10-13,16H,2-6,8-9,17H2,1H3. The van der Waals surface area contributed by atoms with E-state index in [1.807, 2.05) is 13.0 Å². The van der Waals surface area contributed by atoms with Crippen molar-refractivity contribution in [2.75, 3.05) is 6.61 Å². The second-order valence-corrected chi connectivity index (χ2v) is 5.28. The highest BCUT2D eigenvalue weighted by molar-refractivity contribution is 5.30. The second kappa shape index (κ2) is 6.79. The molecule has 0 spiro atoms. The monoisotopic (exact) mass is 247 g/mol. The minimum absolute atomic E-state index is 0.170. The molecule has 2 heteroatoms. The van der Waals surface area contributed by atoms with Crippen molar-refractivity contribution in [3.63, 3.8) is 0 Å². The highest BCUT2D eigenvalue weighted by Gasteiger charge is 2.21. The van der Waals surface area contributed by atoms with Crippen molar-refractivity contribution >= 4 is 0 Å². The van der Waals surface area contributed by atoms with E-state index in [9.17, 15) is 0 Å². The average molecular weight is 247 g/mol. The SMILES string of the molecule is CCOc1cccc(C(N)C2CCCCCC2)c1. The van der Waals surface area contributed by atoms with Crippen LogP contribution >= 0.6 is 0 Å². The van der Waals surface area contributed by atoms with Crippen molar-refractivity contribution < 1.29 is 4.74 Å². The Kier molecular flexibility index (Phi) is 5.06. The first-order chi connectivity index (χ1) is 8.81. The Balaban J connectivity index is 2.06. The van der Waals surface area contributed by atoms with Crippen molar-refractivity contribution in [1.82, 2.24) is 0 Å². The van der Waals surface area contributed by atoms with Crippen molar-refractivity contribution in [3.05, 3.63) is 29.8 Å². The van der Waals surface area contributed by atoms with Gasteiger partial charge in [0.15, 0.2) is 0 Å². The first-order valence-corrected chi connectivity index (χ1v) is 7.29. The lowest BCUT2D eigenvalue weighted by Crippen LogP contribution is -2.21. The molecule has 0 radical (unpaired) electrons. The largest absolute Gasteiger partial charge is 0.494 e. The Labute approximate surface area is 111 Å². The zero-order chi connectivity index (χ0) is 12.8. The zero-order valence-corrected chi connectivity index (χ0v) is 11.4. The van der Waals surface area contributed by atoms with Crippen molar-refractivity contribution in [2.24, 2.45) is 11.7 Å². The average Bonchev–Trinajstić information content (AvgIpc) is 2.67. The Morgan fingerprint density at radius 3 is 2.61 bits per heavy atom. The third-order valence-electron chi connectivity index (χ3n) is 3.96. The fourth-order valence-electron chi connectivity index (χ4n) is 2.92. The molecule has 1 aliphatic carbocycles. The summed E-state index contributed by atoms with van der Waals surface area (Å²) in [4.78, 5) is 0. The molecule has 2 N–H and O–H groups in total. The molecule has 0 aromatic heterocycles. The fourth-order valence-corrected chi connectivity index (χ4v) is 2.92. The summed E-state index contributed by atoms with van der Waals surface area (Å²) in [5.41, 5.74) is 7.68. The van der Waals surface area contributed by atoms with Crippen molar-refractivity contribution in [3.8, 4) is 5.75 Å². The predicted molar refractivity (Wildman–Crippen MR) is 75.7 cm³/mol. The zero-order valence-electron chi connectivity index (χ0n) is 11.4. The van der Waals surface area contributed by atoms with Gasteiger partial charge in [-0.15, -0.1) is 0 Å². The molecule has 0 bridgehead atoms. The Morgan fingerprint density at radius 1 is 1.22 bits per heavy atom. The maximum Gasteiger partial charge on any atom is 0.119 e. The Hall–Kier alpha value is -1.02. The first-order valence-electron chi connectivity index (χ1n) is 7.29. The predicted octanol–water partition coefficient (Wildman–Crippen LogP) is 4.06. The third kappa shape index (κ3) is 3.49. The summed E-state index contributed by atoms with van der Waals surface area (Å²) in [6, 6.07) is 8.48. The van der Waals surface area contributed by atoms with E-state index in [4.69, 9.17) is 10.5 Å². The van der Waals surface area contributed by atoms with Gasteiger partial charge in [0, 0.05) is 6.04 Å². The van der Waals surface area contributed by atoms with Crippen LogP contribution in [0.4, 0.5) is 0 Å². The normalized spacial score (nSPS) is 19.2. The van der Waals surface area contributed by atoms with E-state index in [0.717, 1.165) is 5.75 Å². The Morgan fingerprint density at radius 2 is 1.94 bits per heavy atom. The molecule has 0 heterocycles. The van der Waals surface area contributed by atoms with Gasteiger partial charge in [-0.1, -0.05) is 37.8 Å². The summed E-state index contributed by atoms with van der Waals surface area (Å²) in [6.07, 6.45) is 7.98. The van der Waals surface area contributed by atoms with Crippen LogP contribution in [0.1, 0.15) is 57.1 Å². The van der Waals surface area contributed by atoms with Crippen LogP contribution in [-0.2, 0) is 0 Å². The number of nitrogens with two attached hydrogens (primary N) is 1. The lowest BCUT2D eigenvalue weighted by Gasteiger charge is -2.23. The molecule has 18 heavy (non-hydrogen) atoms. The van der Waals surface area contributed by atoms with Crippen LogP contribution in [0.3, 0.4) is 0 Å². The van der Waals surface area contributed by atoms with Gasteiger partial charge in [-0.05, 0) is 43.4 Å². The molecule has 1 unspecified atom stereocenters. The van der Waals surface area contributed by atoms with E-state index < -0.39 is 0 Å². The van der Waals surface area contributed by atoms with Crippen LogP contribution in [0.2, 0.25) is 0 Å². The minimum atomic E-state index is 0.170. The molecular formula is C16H25NO. The summed E-state index contributed by atoms with van der Waals surface area (Å²) >= 11 is 0. The smallest absolute Gasteiger partial charge is 0.119 e. The topological polar surface area (TPSA) is 35.2 Å². The van der Waals surface area contributed by atoms with Crippen LogP contribution in [0.15, 0.2) is 24.3 Å². The van der Waals surface area contributed by atoms with E-state index in [-0.39, 0.29) is 6.04 Å². The molecule has 0 aliphatic heterocycles. The molecule has 0 amide bonds. The summed E-state index contributed by atoms with van der Waals surface area (Å²) in [7, 11) is 0. The number of benzene rings is 1. The van der Waals surface area contributed by atoms with Gasteiger partial charge in [0.05, 0.1) is 6.61 Å². The molecule has 1 aromatic rings. The van der Waals surface area contributed by atoms with Gasteiger partial charge in [0.2, 0.25) is 0 Å². The minimum Gasteiger partial charge on any atom is -0.494 e. The highest BCUT2D eigenvalue weighted by Crippen LogP contribution is 2.32. The highest BCUT2D eigenvalue weighted by atomic mass is 16.5. The van der Waals surface area contributed by atoms with E-state index in [1.54, 1.807) is 0 Å². The van der Waals surface area contributed by atoms with Gasteiger partial charge in [-0.25, -0.2) is 0 Å². The molecule has 1 aliphatic rings. The van der Waals surface area contributed by atoms with Gasteiger partial charge < -0.3 is 10.5 Å². The van der Waals surface area contributed by atoms with E-state index in [0.29, 0.717) is 12.5 Å². The molecule has 2 nitrogen and oxygen atoms in total. The van der Waals surface area contributed by atoms with Crippen LogP contribution in [-0.4, -0.2) is 6.61 Å². The van der Waals surface area contributed by atoms with Gasteiger partial charge in [0.25, 0.3) is 0 Å². The Bertz CT molecular complexity index is 356. The van der Waals surface area contributed by atoms with Gasteiger partial charge in [-0.3, -0.25) is 0 Å². The maximum absolute atomic E-state index is 6.45. The lowest BCUT2D eigenvalue weighted by molar-refractivity contribution is 0.337. The molecule has 1 atom stereocenters. The van der Waals surface area contributed by atoms with Crippen molar-refractivity contribution in [2.45, 2.75) is 51.5 Å². The molecule has 2 rings (SSSR count). The number of hydrogen-bond acceptors (Lipinski definition) is 2. The van der Waals surface area contributed by atoms with Crippen LogP contribution in [0, 0.1) is 5.92 Å². The second-order valence-electron chi connectivity index (χ2n) is 5.28. The molecule has 100 valence electrons. The van der Waals surface area contributed by atoms with E-state index >= 15 is 0 Å². The summed E-state index contributed by atoms with van der Waals surface area (Å²) in [6.45, 7) is 2.72. The summed E-state index contributed by atoms with van der Waals surface area (Å²) in [5, 5.41) is 0. The maximum atomic E-state index is 6.45.